The molecule has 2 nitrogen and oxygen atoms in total. The van der Waals surface area contributed by atoms with Crippen molar-refractivity contribution in [3.8, 4) is 0 Å². The predicted octanol–water partition coefficient (Wildman–Crippen LogP) is 1.90. The van der Waals surface area contributed by atoms with Crippen LogP contribution >= 0.6 is 0 Å². The lowest BCUT2D eigenvalue weighted by molar-refractivity contribution is -0.135. The van der Waals surface area contributed by atoms with Gasteiger partial charge in [0.1, 0.15) is 0 Å². The van der Waals surface area contributed by atoms with E-state index < -0.39 is 0 Å². The summed E-state index contributed by atoms with van der Waals surface area (Å²) in [6.07, 6.45) is 3.56. The van der Waals surface area contributed by atoms with Crippen LogP contribution in [0.1, 0.15) is 33.1 Å². The zero-order valence-corrected chi connectivity index (χ0v) is 8.62. The van der Waals surface area contributed by atoms with Crippen LogP contribution in [0.3, 0.4) is 0 Å². The van der Waals surface area contributed by atoms with Crippen molar-refractivity contribution in [2.24, 2.45) is 17.8 Å². The molecule has 74 valence electrons. The quantitative estimate of drug-likeness (QED) is 0.605. The smallest absolute Gasteiger partial charge is 0.225 e. The molecule has 2 atom stereocenters. The van der Waals surface area contributed by atoms with Gasteiger partial charge in [0.05, 0.1) is 0 Å². The maximum absolute atomic E-state index is 11.8. The highest BCUT2D eigenvalue weighted by atomic mass is 16.2. The predicted molar refractivity (Wildman–Crippen MR) is 52.2 cm³/mol. The van der Waals surface area contributed by atoms with Crippen molar-refractivity contribution >= 4 is 5.91 Å². The molecule has 1 amide bonds. The fraction of sp³-hybridized carbons (Fsp3) is 0.909. The lowest BCUT2D eigenvalue weighted by Gasteiger charge is -2.35. The molecule has 0 aromatic heterocycles. The van der Waals surface area contributed by atoms with Crippen molar-refractivity contribution in [3.63, 3.8) is 0 Å². The molecule has 1 aliphatic carbocycles. The fourth-order valence-corrected chi connectivity index (χ4v) is 2.43. The number of hydrogen-bond acceptors (Lipinski definition) is 1. The van der Waals surface area contributed by atoms with Gasteiger partial charge in [-0.25, -0.2) is 0 Å². The van der Waals surface area contributed by atoms with Gasteiger partial charge in [0, 0.05) is 19.0 Å². The highest BCUT2D eigenvalue weighted by Gasteiger charge is 2.35. The molecule has 2 heteroatoms. The fourth-order valence-electron chi connectivity index (χ4n) is 2.43. The molecule has 1 aliphatic heterocycles. The number of rotatable bonds is 1. The van der Waals surface area contributed by atoms with Gasteiger partial charge in [-0.15, -0.1) is 0 Å². The maximum atomic E-state index is 11.8. The van der Waals surface area contributed by atoms with E-state index in [1.165, 1.54) is 6.42 Å². The van der Waals surface area contributed by atoms with E-state index in [0.717, 1.165) is 25.9 Å². The van der Waals surface area contributed by atoms with Gasteiger partial charge in [0.15, 0.2) is 0 Å². The topological polar surface area (TPSA) is 20.3 Å². The van der Waals surface area contributed by atoms with Crippen molar-refractivity contribution in [2.45, 2.75) is 33.1 Å². The van der Waals surface area contributed by atoms with Crippen LogP contribution in [0.5, 0.6) is 0 Å². The molecule has 0 spiro atoms. The van der Waals surface area contributed by atoms with E-state index in [2.05, 4.69) is 18.7 Å². The van der Waals surface area contributed by atoms with Gasteiger partial charge in [-0.2, -0.15) is 0 Å². The molecule has 0 aromatic carbocycles. The molecule has 2 unspecified atom stereocenters. The first-order valence-corrected chi connectivity index (χ1v) is 5.45. The van der Waals surface area contributed by atoms with Crippen LogP contribution in [0.2, 0.25) is 0 Å². The van der Waals surface area contributed by atoms with Crippen LogP contribution in [0.15, 0.2) is 0 Å². The number of likely N-dealkylation sites (tertiary alicyclic amines) is 1. The summed E-state index contributed by atoms with van der Waals surface area (Å²) in [6.45, 7) is 6.50. The van der Waals surface area contributed by atoms with Crippen LogP contribution in [-0.2, 0) is 4.79 Å². The van der Waals surface area contributed by atoms with Crippen molar-refractivity contribution in [2.75, 3.05) is 13.1 Å². The number of carbonyl (C=O) groups excluding carboxylic acids is 1. The molecule has 1 saturated heterocycles. The van der Waals surface area contributed by atoms with Crippen LogP contribution in [0.4, 0.5) is 0 Å². The molecule has 13 heavy (non-hydrogen) atoms. The lowest BCUT2D eigenvalue weighted by atomic mass is 9.91. The average Bonchev–Trinajstić information content (AvgIpc) is 2.83. The van der Waals surface area contributed by atoms with Crippen molar-refractivity contribution in [1.82, 2.24) is 4.90 Å². The zero-order valence-electron chi connectivity index (χ0n) is 8.62. The lowest BCUT2D eigenvalue weighted by Crippen LogP contribution is -2.43. The average molecular weight is 181 g/mol. The summed E-state index contributed by atoms with van der Waals surface area (Å²) < 4.78 is 0. The number of nitrogens with zero attached hydrogens (tertiary/aromatic N) is 1. The Morgan fingerprint density at radius 2 is 1.69 bits per heavy atom. The molecule has 0 aromatic rings. The van der Waals surface area contributed by atoms with E-state index in [9.17, 15) is 4.79 Å². The molecule has 2 aliphatic rings. The summed E-state index contributed by atoms with van der Waals surface area (Å²) in [6, 6.07) is 0. The normalized spacial score (nSPS) is 34.8. The van der Waals surface area contributed by atoms with E-state index in [1.54, 1.807) is 0 Å². The van der Waals surface area contributed by atoms with E-state index in [4.69, 9.17) is 0 Å². The Balaban J connectivity index is 1.93. The van der Waals surface area contributed by atoms with Gasteiger partial charge in [-0.3, -0.25) is 4.79 Å². The Morgan fingerprint density at radius 1 is 1.15 bits per heavy atom. The molecule has 1 heterocycles. The summed E-state index contributed by atoms with van der Waals surface area (Å²) >= 11 is 0. The number of carbonyl (C=O) groups is 1. The maximum Gasteiger partial charge on any atom is 0.225 e. The van der Waals surface area contributed by atoms with E-state index in [0.29, 0.717) is 23.7 Å². The van der Waals surface area contributed by atoms with E-state index in [1.807, 2.05) is 0 Å². The summed E-state index contributed by atoms with van der Waals surface area (Å²) in [4.78, 5) is 13.9. The van der Waals surface area contributed by atoms with Crippen molar-refractivity contribution in [1.29, 1.82) is 0 Å². The second-order valence-electron chi connectivity index (χ2n) is 4.96. The van der Waals surface area contributed by atoms with Gasteiger partial charge >= 0.3 is 0 Å². The molecule has 0 bridgehead atoms. The minimum Gasteiger partial charge on any atom is -0.342 e. The van der Waals surface area contributed by atoms with Gasteiger partial charge < -0.3 is 4.90 Å². The molecule has 0 N–H and O–H groups in total. The minimum atomic E-state index is 0.400. The van der Waals surface area contributed by atoms with Crippen LogP contribution in [0.25, 0.3) is 0 Å². The highest BCUT2D eigenvalue weighted by molar-refractivity contribution is 5.81. The molecule has 0 radical (unpaired) electrons. The molecular formula is C11H19NO. The van der Waals surface area contributed by atoms with Gasteiger partial charge in [-0.1, -0.05) is 13.8 Å². The Hall–Kier alpha value is -0.530. The van der Waals surface area contributed by atoms with E-state index >= 15 is 0 Å². The standard InChI is InChI=1S/C11H19NO/c1-8-5-9(2)7-12(6-8)11(13)10-3-4-10/h8-10H,3-7H2,1-2H3. The SMILES string of the molecule is CC1CC(C)CN(C(=O)C2CC2)C1. The largest absolute Gasteiger partial charge is 0.342 e. The Bertz CT molecular complexity index is 200. The number of hydrogen-bond donors (Lipinski definition) is 0. The molecule has 2 fully saturated rings. The number of amides is 1. The summed E-state index contributed by atoms with van der Waals surface area (Å²) in [5.74, 6) is 2.23. The monoisotopic (exact) mass is 181 g/mol. The second-order valence-corrected chi connectivity index (χ2v) is 4.96. The molecular weight excluding hydrogens is 162 g/mol. The van der Waals surface area contributed by atoms with Crippen LogP contribution < -0.4 is 0 Å². The Morgan fingerprint density at radius 3 is 2.15 bits per heavy atom. The first-order valence-electron chi connectivity index (χ1n) is 5.45. The molecule has 1 saturated carbocycles. The summed E-state index contributed by atoms with van der Waals surface area (Å²) in [5.41, 5.74) is 0. The second kappa shape index (κ2) is 3.32. The van der Waals surface area contributed by atoms with Crippen LogP contribution in [-0.4, -0.2) is 23.9 Å². The van der Waals surface area contributed by atoms with Crippen molar-refractivity contribution in [3.05, 3.63) is 0 Å². The van der Waals surface area contributed by atoms with Crippen molar-refractivity contribution < 1.29 is 4.79 Å². The minimum absolute atomic E-state index is 0.400. The third-order valence-corrected chi connectivity index (χ3v) is 3.11. The third-order valence-electron chi connectivity index (χ3n) is 3.11. The third kappa shape index (κ3) is 2.04. The summed E-state index contributed by atoms with van der Waals surface area (Å²) in [5, 5.41) is 0. The zero-order chi connectivity index (χ0) is 9.42. The first-order chi connectivity index (χ1) is 6.16. The van der Waals surface area contributed by atoms with Crippen LogP contribution in [0, 0.1) is 17.8 Å². The highest BCUT2D eigenvalue weighted by Crippen LogP contribution is 2.33. The van der Waals surface area contributed by atoms with Gasteiger partial charge in [0.2, 0.25) is 5.91 Å². The number of piperidine rings is 1. The van der Waals surface area contributed by atoms with Gasteiger partial charge in [0.25, 0.3) is 0 Å². The molecule has 2 rings (SSSR count). The first kappa shape index (κ1) is 9.04. The Labute approximate surface area is 80.3 Å². The van der Waals surface area contributed by atoms with E-state index in [-0.39, 0.29) is 0 Å². The van der Waals surface area contributed by atoms with Gasteiger partial charge in [-0.05, 0) is 31.1 Å². The summed E-state index contributed by atoms with van der Waals surface area (Å²) in [7, 11) is 0. The Kier molecular flexibility index (Phi) is 2.31.